The molecule has 6 rings (SSSR count). The minimum absolute atomic E-state index is 0.0707. The highest BCUT2D eigenvalue weighted by Crippen LogP contribution is 2.44. The summed E-state index contributed by atoms with van der Waals surface area (Å²) >= 11 is 1.57. The molecule has 8 heteroatoms. The van der Waals surface area contributed by atoms with Crippen LogP contribution < -0.4 is 0 Å². The fourth-order valence-corrected chi connectivity index (χ4v) is 4.72. The molecule has 1 aliphatic rings. The summed E-state index contributed by atoms with van der Waals surface area (Å²) in [5.74, 6) is 1.49. The van der Waals surface area contributed by atoms with E-state index in [-0.39, 0.29) is 5.92 Å². The van der Waals surface area contributed by atoms with E-state index in [1.807, 2.05) is 28.5 Å². The molecule has 1 atom stereocenters. The lowest BCUT2D eigenvalue weighted by Crippen LogP contribution is -2.03. The van der Waals surface area contributed by atoms with Crippen molar-refractivity contribution in [3.8, 4) is 10.6 Å². The van der Waals surface area contributed by atoms with Gasteiger partial charge in [0, 0.05) is 36.7 Å². The molecule has 0 radical (unpaired) electrons. The standard InChI is InChI=1S/C21H19N7S/c1-12(14-7-8-17-15(10-14)4-3-9-22-17)19-23-24-21-28(19)26-20(29-21)16-11-27(2)25-18(16)13-5-6-13/h3-4,7-13H,5-6H2,1-2H3/t12-/m1/s1. The van der Waals surface area contributed by atoms with E-state index in [4.69, 9.17) is 5.10 Å². The van der Waals surface area contributed by atoms with Gasteiger partial charge in [-0.2, -0.15) is 14.7 Å². The second-order valence-electron chi connectivity index (χ2n) is 7.71. The van der Waals surface area contributed by atoms with Gasteiger partial charge in [-0.3, -0.25) is 9.67 Å². The molecule has 4 heterocycles. The molecule has 0 bridgehead atoms. The largest absolute Gasteiger partial charge is 0.275 e. The van der Waals surface area contributed by atoms with Gasteiger partial charge in [-0.05, 0) is 36.6 Å². The number of hydrogen-bond acceptors (Lipinski definition) is 6. The van der Waals surface area contributed by atoms with Gasteiger partial charge in [0.25, 0.3) is 0 Å². The van der Waals surface area contributed by atoms with Crippen LogP contribution in [0.15, 0.2) is 42.7 Å². The SMILES string of the molecule is C[C@H](c1ccc2ncccc2c1)c1nnc2sc(-c3cn(C)nc3C3CC3)nn12. The van der Waals surface area contributed by atoms with Crippen LogP contribution in [-0.4, -0.2) is 34.6 Å². The van der Waals surface area contributed by atoms with E-state index in [0.717, 1.165) is 38.0 Å². The van der Waals surface area contributed by atoms with Crippen molar-refractivity contribution >= 4 is 27.2 Å². The van der Waals surface area contributed by atoms with Crippen molar-refractivity contribution in [3.05, 3.63) is 59.8 Å². The predicted octanol–water partition coefficient (Wildman–Crippen LogP) is 4.16. The van der Waals surface area contributed by atoms with E-state index in [1.165, 1.54) is 18.4 Å². The maximum Gasteiger partial charge on any atom is 0.235 e. The maximum absolute atomic E-state index is 4.88. The van der Waals surface area contributed by atoms with Crippen LogP contribution >= 0.6 is 11.3 Å². The topological polar surface area (TPSA) is 73.8 Å². The molecule has 0 spiro atoms. The number of aryl methyl sites for hydroxylation is 1. The summed E-state index contributed by atoms with van der Waals surface area (Å²) in [6.07, 6.45) is 6.32. The van der Waals surface area contributed by atoms with E-state index < -0.39 is 0 Å². The zero-order valence-electron chi connectivity index (χ0n) is 16.1. The third-order valence-electron chi connectivity index (χ3n) is 5.58. The Morgan fingerprint density at radius 2 is 2.03 bits per heavy atom. The summed E-state index contributed by atoms with van der Waals surface area (Å²) in [5.41, 5.74) is 4.46. The van der Waals surface area contributed by atoms with Gasteiger partial charge in [0.05, 0.1) is 16.8 Å². The Kier molecular flexibility index (Phi) is 3.58. The molecule has 0 unspecified atom stereocenters. The minimum Gasteiger partial charge on any atom is -0.275 e. The predicted molar refractivity (Wildman–Crippen MR) is 112 cm³/mol. The smallest absolute Gasteiger partial charge is 0.235 e. The number of hydrogen-bond donors (Lipinski definition) is 0. The van der Waals surface area contributed by atoms with Gasteiger partial charge in [-0.15, -0.1) is 10.2 Å². The summed E-state index contributed by atoms with van der Waals surface area (Å²) in [6, 6.07) is 10.4. The van der Waals surface area contributed by atoms with Crippen LogP contribution in [0.2, 0.25) is 0 Å². The van der Waals surface area contributed by atoms with Crippen molar-refractivity contribution in [2.45, 2.75) is 31.6 Å². The lowest BCUT2D eigenvalue weighted by Gasteiger charge is -2.10. The minimum atomic E-state index is 0.0707. The van der Waals surface area contributed by atoms with Gasteiger partial charge in [0.1, 0.15) is 0 Å². The summed E-state index contributed by atoms with van der Waals surface area (Å²) < 4.78 is 3.78. The number of aromatic nitrogens is 7. The third kappa shape index (κ3) is 2.74. The Morgan fingerprint density at radius 1 is 1.14 bits per heavy atom. The fourth-order valence-electron chi connectivity index (χ4n) is 3.85. The number of pyridine rings is 1. The average molecular weight is 401 g/mol. The van der Waals surface area contributed by atoms with Crippen molar-refractivity contribution in [2.24, 2.45) is 7.05 Å². The Balaban J connectivity index is 1.42. The van der Waals surface area contributed by atoms with Crippen LogP contribution in [0.1, 0.15) is 48.7 Å². The summed E-state index contributed by atoms with van der Waals surface area (Å²) in [6.45, 7) is 2.15. The van der Waals surface area contributed by atoms with Gasteiger partial charge < -0.3 is 0 Å². The number of nitrogens with zero attached hydrogens (tertiary/aromatic N) is 7. The maximum atomic E-state index is 4.88. The number of benzene rings is 1. The van der Waals surface area contributed by atoms with Crippen LogP contribution in [0, 0.1) is 0 Å². The highest BCUT2D eigenvalue weighted by molar-refractivity contribution is 7.19. The molecule has 5 aromatic rings. The van der Waals surface area contributed by atoms with E-state index in [1.54, 1.807) is 11.3 Å². The molecule has 144 valence electrons. The van der Waals surface area contributed by atoms with Gasteiger partial charge in [-0.1, -0.05) is 30.4 Å². The van der Waals surface area contributed by atoms with Gasteiger partial charge in [0.15, 0.2) is 10.8 Å². The second-order valence-corrected chi connectivity index (χ2v) is 8.67. The highest BCUT2D eigenvalue weighted by atomic mass is 32.1. The first-order valence-electron chi connectivity index (χ1n) is 9.78. The first-order chi connectivity index (χ1) is 14.2. The molecule has 1 aliphatic carbocycles. The van der Waals surface area contributed by atoms with Crippen LogP contribution in [0.4, 0.5) is 0 Å². The molecule has 1 aromatic carbocycles. The number of rotatable bonds is 4. The van der Waals surface area contributed by atoms with Gasteiger partial charge in [-0.25, -0.2) is 0 Å². The Bertz CT molecular complexity index is 1360. The molecular formula is C21H19N7S. The molecule has 0 aliphatic heterocycles. The average Bonchev–Trinajstić information content (AvgIpc) is 3.20. The van der Waals surface area contributed by atoms with Crippen molar-refractivity contribution in [1.29, 1.82) is 0 Å². The molecule has 1 saturated carbocycles. The zero-order valence-corrected chi connectivity index (χ0v) is 17.0. The van der Waals surface area contributed by atoms with Crippen LogP contribution in [0.25, 0.3) is 26.4 Å². The first kappa shape index (κ1) is 16.8. The van der Waals surface area contributed by atoms with Gasteiger partial charge in [0.2, 0.25) is 4.96 Å². The molecule has 7 nitrogen and oxygen atoms in total. The highest BCUT2D eigenvalue weighted by Gasteiger charge is 2.31. The summed E-state index contributed by atoms with van der Waals surface area (Å²) in [4.78, 5) is 5.22. The van der Waals surface area contributed by atoms with Crippen molar-refractivity contribution < 1.29 is 0 Å². The zero-order chi connectivity index (χ0) is 19.5. The van der Waals surface area contributed by atoms with E-state index in [9.17, 15) is 0 Å². The Morgan fingerprint density at radius 3 is 2.90 bits per heavy atom. The van der Waals surface area contributed by atoms with Gasteiger partial charge >= 0.3 is 0 Å². The van der Waals surface area contributed by atoms with Crippen molar-refractivity contribution in [2.75, 3.05) is 0 Å². The molecule has 0 amide bonds. The molecule has 1 fully saturated rings. The van der Waals surface area contributed by atoms with E-state index in [0.29, 0.717) is 5.92 Å². The lowest BCUT2D eigenvalue weighted by molar-refractivity contribution is 0.744. The van der Waals surface area contributed by atoms with Crippen molar-refractivity contribution in [1.82, 2.24) is 34.6 Å². The van der Waals surface area contributed by atoms with Crippen LogP contribution in [0.5, 0.6) is 0 Å². The quantitative estimate of drug-likeness (QED) is 0.452. The summed E-state index contributed by atoms with van der Waals surface area (Å²) in [5, 5.41) is 20.5. The van der Waals surface area contributed by atoms with E-state index >= 15 is 0 Å². The first-order valence-corrected chi connectivity index (χ1v) is 10.6. The summed E-state index contributed by atoms with van der Waals surface area (Å²) in [7, 11) is 1.97. The van der Waals surface area contributed by atoms with E-state index in [2.05, 4.69) is 57.7 Å². The van der Waals surface area contributed by atoms with Crippen molar-refractivity contribution in [3.63, 3.8) is 0 Å². The monoisotopic (exact) mass is 401 g/mol. The van der Waals surface area contributed by atoms with Crippen LogP contribution in [-0.2, 0) is 7.05 Å². The number of fused-ring (bicyclic) bond motifs is 2. The molecule has 4 aromatic heterocycles. The molecule has 29 heavy (non-hydrogen) atoms. The fraction of sp³-hybridized carbons (Fsp3) is 0.286. The molecule has 0 N–H and O–H groups in total. The Labute approximate surface area is 171 Å². The van der Waals surface area contributed by atoms with Crippen LogP contribution in [0.3, 0.4) is 0 Å². The lowest BCUT2D eigenvalue weighted by atomic mass is 9.99. The third-order valence-corrected chi connectivity index (χ3v) is 6.51. The normalized spacial score (nSPS) is 15.4. The molecule has 0 saturated heterocycles. The second kappa shape index (κ2) is 6.18. The molecular weight excluding hydrogens is 382 g/mol. The Hall–Kier alpha value is -3.13.